The van der Waals surface area contributed by atoms with Gasteiger partial charge < -0.3 is 5.32 Å². The SMILES string of the molecule is Cc1ccc2c(c1)C=C1CCNCC1S2. The highest BCUT2D eigenvalue weighted by molar-refractivity contribution is 8.00. The first kappa shape index (κ1) is 9.49. The molecule has 0 spiro atoms. The molecule has 2 aliphatic heterocycles. The van der Waals surface area contributed by atoms with Crippen molar-refractivity contribution in [3.63, 3.8) is 0 Å². The quantitative estimate of drug-likeness (QED) is 0.717. The molecule has 1 saturated heterocycles. The Labute approximate surface area is 95.0 Å². The van der Waals surface area contributed by atoms with Gasteiger partial charge in [-0.2, -0.15) is 0 Å². The minimum atomic E-state index is 0.675. The molecule has 15 heavy (non-hydrogen) atoms. The fourth-order valence-electron chi connectivity index (χ4n) is 2.28. The molecule has 2 heteroatoms. The molecule has 1 aromatic rings. The van der Waals surface area contributed by atoms with Crippen molar-refractivity contribution in [2.45, 2.75) is 23.5 Å². The van der Waals surface area contributed by atoms with Crippen LogP contribution in [0, 0.1) is 6.92 Å². The van der Waals surface area contributed by atoms with Gasteiger partial charge in [-0.3, -0.25) is 0 Å². The van der Waals surface area contributed by atoms with Crippen LogP contribution in [0.1, 0.15) is 17.5 Å². The van der Waals surface area contributed by atoms with Crippen LogP contribution in [0.25, 0.3) is 6.08 Å². The van der Waals surface area contributed by atoms with Crippen LogP contribution in [-0.2, 0) is 0 Å². The Kier molecular flexibility index (Phi) is 2.33. The van der Waals surface area contributed by atoms with Crippen LogP contribution in [-0.4, -0.2) is 18.3 Å². The van der Waals surface area contributed by atoms with Gasteiger partial charge in [-0.15, -0.1) is 11.8 Å². The maximum Gasteiger partial charge on any atom is 0.0432 e. The highest BCUT2D eigenvalue weighted by atomic mass is 32.2. The lowest BCUT2D eigenvalue weighted by molar-refractivity contribution is 0.621. The molecule has 1 atom stereocenters. The first-order chi connectivity index (χ1) is 7.33. The van der Waals surface area contributed by atoms with Crippen LogP contribution in [0.15, 0.2) is 28.7 Å². The molecule has 1 aromatic carbocycles. The van der Waals surface area contributed by atoms with Crippen molar-refractivity contribution < 1.29 is 0 Å². The van der Waals surface area contributed by atoms with E-state index in [1.54, 1.807) is 5.57 Å². The van der Waals surface area contributed by atoms with Gasteiger partial charge in [0.15, 0.2) is 0 Å². The van der Waals surface area contributed by atoms with Crippen LogP contribution in [0.2, 0.25) is 0 Å². The Bertz CT molecular complexity index is 423. The van der Waals surface area contributed by atoms with Crippen molar-refractivity contribution in [1.29, 1.82) is 0 Å². The average molecular weight is 217 g/mol. The molecule has 3 rings (SSSR count). The van der Waals surface area contributed by atoms with Crippen molar-refractivity contribution in [2.75, 3.05) is 13.1 Å². The molecule has 0 aliphatic carbocycles. The second-order valence-corrected chi connectivity index (χ2v) is 5.57. The van der Waals surface area contributed by atoms with Crippen LogP contribution < -0.4 is 5.32 Å². The summed E-state index contributed by atoms with van der Waals surface area (Å²) in [7, 11) is 0. The van der Waals surface area contributed by atoms with Gasteiger partial charge in [0.1, 0.15) is 0 Å². The maximum atomic E-state index is 3.46. The van der Waals surface area contributed by atoms with Gasteiger partial charge in [-0.1, -0.05) is 29.3 Å². The molecule has 2 heterocycles. The van der Waals surface area contributed by atoms with Gasteiger partial charge in [0.2, 0.25) is 0 Å². The molecule has 1 fully saturated rings. The minimum absolute atomic E-state index is 0.675. The van der Waals surface area contributed by atoms with E-state index in [0.29, 0.717) is 5.25 Å². The molecule has 1 nitrogen and oxygen atoms in total. The van der Waals surface area contributed by atoms with E-state index < -0.39 is 0 Å². The Morgan fingerprint density at radius 1 is 1.40 bits per heavy atom. The Morgan fingerprint density at radius 2 is 2.33 bits per heavy atom. The average Bonchev–Trinajstić information content (AvgIpc) is 2.26. The normalized spacial score (nSPS) is 24.1. The number of aryl methyl sites for hydroxylation is 1. The molecule has 2 aliphatic rings. The summed E-state index contributed by atoms with van der Waals surface area (Å²) in [5.41, 5.74) is 4.41. The topological polar surface area (TPSA) is 12.0 Å². The molecular formula is C13H15NS. The number of fused-ring (bicyclic) bond motifs is 2. The van der Waals surface area contributed by atoms with Gasteiger partial charge in [-0.25, -0.2) is 0 Å². The van der Waals surface area contributed by atoms with Crippen molar-refractivity contribution >= 4 is 17.8 Å². The Morgan fingerprint density at radius 3 is 3.27 bits per heavy atom. The second-order valence-electron chi connectivity index (χ2n) is 4.32. The third-order valence-corrected chi connectivity index (χ3v) is 4.49. The van der Waals surface area contributed by atoms with E-state index in [4.69, 9.17) is 0 Å². The summed E-state index contributed by atoms with van der Waals surface area (Å²) in [6.45, 7) is 4.44. The highest BCUT2D eigenvalue weighted by Gasteiger charge is 2.24. The highest BCUT2D eigenvalue weighted by Crippen LogP contribution is 2.39. The van der Waals surface area contributed by atoms with Crippen LogP contribution in [0.4, 0.5) is 0 Å². The van der Waals surface area contributed by atoms with Gasteiger partial charge in [0.25, 0.3) is 0 Å². The van der Waals surface area contributed by atoms with E-state index in [9.17, 15) is 0 Å². The van der Waals surface area contributed by atoms with E-state index in [1.165, 1.54) is 22.4 Å². The summed E-state index contributed by atoms with van der Waals surface area (Å²) in [4.78, 5) is 1.44. The van der Waals surface area contributed by atoms with E-state index in [-0.39, 0.29) is 0 Å². The van der Waals surface area contributed by atoms with Crippen LogP contribution >= 0.6 is 11.8 Å². The summed E-state index contributed by atoms with van der Waals surface area (Å²) in [5, 5.41) is 4.14. The summed E-state index contributed by atoms with van der Waals surface area (Å²) in [6, 6.07) is 6.77. The zero-order chi connectivity index (χ0) is 10.3. The number of benzene rings is 1. The monoisotopic (exact) mass is 217 g/mol. The first-order valence-electron chi connectivity index (χ1n) is 5.51. The van der Waals surface area contributed by atoms with Gasteiger partial charge >= 0.3 is 0 Å². The predicted octanol–water partition coefficient (Wildman–Crippen LogP) is 2.85. The lowest BCUT2D eigenvalue weighted by Gasteiger charge is -2.30. The van der Waals surface area contributed by atoms with Gasteiger partial charge in [0, 0.05) is 16.7 Å². The third kappa shape index (κ3) is 1.72. The van der Waals surface area contributed by atoms with Crippen LogP contribution in [0.3, 0.4) is 0 Å². The number of rotatable bonds is 0. The van der Waals surface area contributed by atoms with E-state index in [2.05, 4.69) is 36.5 Å². The molecule has 0 amide bonds. The van der Waals surface area contributed by atoms with Crippen molar-refractivity contribution in [1.82, 2.24) is 5.32 Å². The van der Waals surface area contributed by atoms with Crippen molar-refractivity contribution in [3.8, 4) is 0 Å². The van der Waals surface area contributed by atoms with Crippen molar-refractivity contribution in [2.24, 2.45) is 0 Å². The molecule has 1 unspecified atom stereocenters. The largest absolute Gasteiger partial charge is 0.315 e. The third-order valence-electron chi connectivity index (χ3n) is 3.11. The lowest BCUT2D eigenvalue weighted by atomic mass is 10.0. The Balaban J connectivity index is 2.03. The number of thioether (sulfide) groups is 1. The fourth-order valence-corrected chi connectivity index (χ4v) is 3.53. The number of hydrogen-bond donors (Lipinski definition) is 1. The smallest absolute Gasteiger partial charge is 0.0432 e. The molecule has 0 bridgehead atoms. The maximum absolute atomic E-state index is 3.46. The molecule has 1 N–H and O–H groups in total. The van der Waals surface area contributed by atoms with Crippen molar-refractivity contribution in [3.05, 3.63) is 34.9 Å². The van der Waals surface area contributed by atoms with E-state index in [1.807, 2.05) is 11.8 Å². The van der Waals surface area contributed by atoms with E-state index >= 15 is 0 Å². The summed E-state index contributed by atoms with van der Waals surface area (Å²) in [6.07, 6.45) is 3.62. The fraction of sp³-hybridized carbons (Fsp3) is 0.385. The first-order valence-corrected chi connectivity index (χ1v) is 6.39. The van der Waals surface area contributed by atoms with Gasteiger partial charge in [-0.05, 0) is 31.5 Å². The van der Waals surface area contributed by atoms with Gasteiger partial charge in [0.05, 0.1) is 0 Å². The summed E-state index contributed by atoms with van der Waals surface area (Å²) in [5.74, 6) is 0. The number of piperidine rings is 1. The minimum Gasteiger partial charge on any atom is -0.315 e. The molecule has 0 saturated carbocycles. The molecule has 78 valence electrons. The zero-order valence-corrected chi connectivity index (χ0v) is 9.73. The van der Waals surface area contributed by atoms with Crippen LogP contribution in [0.5, 0.6) is 0 Å². The predicted molar refractivity (Wildman–Crippen MR) is 66.3 cm³/mol. The number of hydrogen-bond acceptors (Lipinski definition) is 2. The molecule has 0 radical (unpaired) electrons. The second kappa shape index (κ2) is 3.69. The summed E-state index contributed by atoms with van der Waals surface area (Å²) < 4.78 is 0. The molecule has 0 aromatic heterocycles. The standard InChI is InChI=1S/C13H15NS/c1-9-2-3-12-11(6-9)7-10-4-5-14-8-13(10)15-12/h2-3,6-7,13-14H,4-5,8H2,1H3. The van der Waals surface area contributed by atoms with E-state index in [0.717, 1.165) is 13.1 Å². The zero-order valence-electron chi connectivity index (χ0n) is 8.92. The lowest BCUT2D eigenvalue weighted by Crippen LogP contribution is -2.34. The number of nitrogens with one attached hydrogen (secondary N) is 1. The summed E-state index contributed by atoms with van der Waals surface area (Å²) >= 11 is 2.02. The Hall–Kier alpha value is -0.730. The molecular weight excluding hydrogens is 202 g/mol.